The summed E-state index contributed by atoms with van der Waals surface area (Å²) < 4.78 is 15.7. The third kappa shape index (κ3) is 2.83. The highest BCUT2D eigenvalue weighted by molar-refractivity contribution is 5.96. The summed E-state index contributed by atoms with van der Waals surface area (Å²) in [5.74, 6) is -0.904. The van der Waals surface area contributed by atoms with Gasteiger partial charge in [-0.05, 0) is 19.1 Å². The number of aryl methyl sites for hydroxylation is 1. The molecule has 2 N–H and O–H groups in total. The van der Waals surface area contributed by atoms with Crippen LogP contribution in [-0.4, -0.2) is 42.6 Å². The molecule has 8 heteroatoms. The van der Waals surface area contributed by atoms with Crippen LogP contribution in [0, 0.1) is 6.92 Å². The maximum atomic E-state index is 12.1. The number of carboxylic acid groups (broad SMARTS) is 1. The Bertz CT molecular complexity index is 812. The lowest BCUT2D eigenvalue weighted by atomic mass is 10.0. The van der Waals surface area contributed by atoms with Gasteiger partial charge in [0, 0.05) is 5.56 Å². The predicted molar refractivity (Wildman–Crippen MR) is 81.6 cm³/mol. The first-order valence-corrected chi connectivity index (χ1v) is 6.57. The van der Waals surface area contributed by atoms with E-state index in [1.165, 1.54) is 33.5 Å². The number of aromatic nitrogens is 2. The van der Waals surface area contributed by atoms with Crippen LogP contribution in [0.1, 0.15) is 16.1 Å². The number of ether oxygens (including phenoxy) is 3. The molecule has 0 fully saturated rings. The Balaban J connectivity index is 2.92. The number of carboxylic acids is 1. The third-order valence-electron chi connectivity index (χ3n) is 3.25. The maximum Gasteiger partial charge on any atom is 0.339 e. The molecule has 1 aromatic carbocycles. The van der Waals surface area contributed by atoms with E-state index in [0.29, 0.717) is 5.69 Å². The Labute approximate surface area is 131 Å². The molecule has 0 spiro atoms. The van der Waals surface area contributed by atoms with Crippen molar-refractivity contribution in [1.29, 1.82) is 0 Å². The number of carbonyl (C=O) groups is 1. The number of nitrogens with zero attached hydrogens (tertiary/aromatic N) is 1. The molecule has 2 aromatic rings. The van der Waals surface area contributed by atoms with Gasteiger partial charge in [0.25, 0.3) is 5.56 Å². The van der Waals surface area contributed by atoms with E-state index < -0.39 is 11.5 Å². The van der Waals surface area contributed by atoms with Gasteiger partial charge in [0.2, 0.25) is 5.75 Å². The number of H-pyrrole nitrogens is 1. The van der Waals surface area contributed by atoms with E-state index in [9.17, 15) is 14.7 Å². The third-order valence-corrected chi connectivity index (χ3v) is 3.25. The Morgan fingerprint density at radius 3 is 2.17 bits per heavy atom. The van der Waals surface area contributed by atoms with Gasteiger partial charge >= 0.3 is 5.97 Å². The van der Waals surface area contributed by atoms with Gasteiger partial charge in [-0.3, -0.25) is 4.79 Å². The number of hydrogen-bond donors (Lipinski definition) is 2. The standard InChI is InChI=1S/C15H16N2O6/c1-7-5-9(14(18)17-16-7)8-6-10(15(19)20)12(22-3)13(23-4)11(8)21-2/h5-6H,1-4H3,(H,17,18)(H,19,20). The molecule has 0 unspecified atom stereocenters. The van der Waals surface area contributed by atoms with Gasteiger partial charge in [-0.1, -0.05) is 0 Å². The molecule has 0 saturated carbocycles. The van der Waals surface area contributed by atoms with Crippen LogP contribution in [0.3, 0.4) is 0 Å². The number of benzene rings is 1. The second-order valence-electron chi connectivity index (χ2n) is 4.63. The molecule has 0 amide bonds. The number of aromatic carboxylic acids is 1. The second kappa shape index (κ2) is 6.39. The maximum absolute atomic E-state index is 12.1. The minimum Gasteiger partial charge on any atom is -0.492 e. The summed E-state index contributed by atoms with van der Waals surface area (Å²) in [4.78, 5) is 23.6. The number of methoxy groups -OCH3 is 3. The molecule has 2 rings (SSSR count). The molecule has 0 bridgehead atoms. The summed E-state index contributed by atoms with van der Waals surface area (Å²) in [7, 11) is 4.08. The second-order valence-corrected chi connectivity index (χ2v) is 4.63. The summed E-state index contributed by atoms with van der Waals surface area (Å²) in [5.41, 5.74) is 0.437. The molecule has 1 heterocycles. The van der Waals surface area contributed by atoms with E-state index in [4.69, 9.17) is 14.2 Å². The van der Waals surface area contributed by atoms with Crippen molar-refractivity contribution in [2.75, 3.05) is 21.3 Å². The lowest BCUT2D eigenvalue weighted by molar-refractivity contribution is 0.0692. The van der Waals surface area contributed by atoms with Crippen molar-refractivity contribution < 1.29 is 24.1 Å². The van der Waals surface area contributed by atoms with Crippen LogP contribution in [0.4, 0.5) is 0 Å². The van der Waals surface area contributed by atoms with E-state index >= 15 is 0 Å². The van der Waals surface area contributed by atoms with Crippen LogP contribution in [-0.2, 0) is 0 Å². The fourth-order valence-electron chi connectivity index (χ4n) is 2.28. The summed E-state index contributed by atoms with van der Waals surface area (Å²) in [6, 6.07) is 2.85. The minimum atomic E-state index is -1.22. The quantitative estimate of drug-likeness (QED) is 0.858. The zero-order valence-electron chi connectivity index (χ0n) is 13.1. The first-order chi connectivity index (χ1) is 10.9. The Morgan fingerprint density at radius 2 is 1.65 bits per heavy atom. The highest BCUT2D eigenvalue weighted by Crippen LogP contribution is 2.46. The molecule has 0 radical (unpaired) electrons. The molecule has 23 heavy (non-hydrogen) atoms. The largest absolute Gasteiger partial charge is 0.492 e. The predicted octanol–water partition coefficient (Wildman–Crippen LogP) is 1.47. The normalized spacial score (nSPS) is 10.3. The lowest BCUT2D eigenvalue weighted by Crippen LogP contribution is -2.13. The number of aromatic amines is 1. The number of rotatable bonds is 5. The average Bonchev–Trinajstić information content (AvgIpc) is 2.54. The molecule has 0 atom stereocenters. The van der Waals surface area contributed by atoms with E-state index in [-0.39, 0.29) is 33.9 Å². The molecule has 1 aromatic heterocycles. The van der Waals surface area contributed by atoms with Crippen LogP contribution in [0.25, 0.3) is 11.1 Å². The van der Waals surface area contributed by atoms with Crippen molar-refractivity contribution in [3.8, 4) is 28.4 Å². The number of nitrogens with one attached hydrogen (secondary N) is 1. The first-order valence-electron chi connectivity index (χ1n) is 6.57. The fraction of sp³-hybridized carbons (Fsp3) is 0.267. The zero-order chi connectivity index (χ0) is 17.1. The zero-order valence-corrected chi connectivity index (χ0v) is 13.1. The van der Waals surface area contributed by atoms with Gasteiger partial charge in [-0.2, -0.15) is 5.10 Å². The van der Waals surface area contributed by atoms with Crippen molar-refractivity contribution >= 4 is 5.97 Å². The van der Waals surface area contributed by atoms with E-state index in [1.54, 1.807) is 6.92 Å². The van der Waals surface area contributed by atoms with Gasteiger partial charge in [-0.25, -0.2) is 9.89 Å². The average molecular weight is 320 g/mol. The van der Waals surface area contributed by atoms with Crippen LogP contribution >= 0.6 is 0 Å². The van der Waals surface area contributed by atoms with Gasteiger partial charge in [0.15, 0.2) is 11.5 Å². The van der Waals surface area contributed by atoms with Crippen molar-refractivity contribution in [3.63, 3.8) is 0 Å². The summed E-state index contributed by atoms with van der Waals surface area (Å²) in [5, 5.41) is 15.6. The van der Waals surface area contributed by atoms with Crippen LogP contribution < -0.4 is 19.8 Å². The fourth-order valence-corrected chi connectivity index (χ4v) is 2.28. The first kappa shape index (κ1) is 16.3. The Morgan fingerprint density at radius 1 is 1.04 bits per heavy atom. The molecule has 122 valence electrons. The molecule has 8 nitrogen and oxygen atoms in total. The van der Waals surface area contributed by atoms with E-state index in [2.05, 4.69) is 10.2 Å². The Kier molecular flexibility index (Phi) is 4.54. The number of hydrogen-bond acceptors (Lipinski definition) is 6. The van der Waals surface area contributed by atoms with Crippen LogP contribution in [0.15, 0.2) is 16.9 Å². The SMILES string of the molecule is COc1c(C(=O)O)cc(-c2cc(C)n[nH]c2=O)c(OC)c1OC. The van der Waals surface area contributed by atoms with Crippen molar-refractivity contribution in [2.45, 2.75) is 6.92 Å². The van der Waals surface area contributed by atoms with Gasteiger partial charge in [0.05, 0.1) is 32.6 Å². The minimum absolute atomic E-state index is 0.0165. The van der Waals surface area contributed by atoms with Crippen LogP contribution in [0.5, 0.6) is 17.2 Å². The molecule has 0 aliphatic heterocycles. The van der Waals surface area contributed by atoms with Gasteiger partial charge in [-0.15, -0.1) is 0 Å². The lowest BCUT2D eigenvalue weighted by Gasteiger charge is -2.17. The summed E-state index contributed by atoms with van der Waals surface area (Å²) >= 11 is 0. The van der Waals surface area contributed by atoms with E-state index in [1.807, 2.05) is 0 Å². The van der Waals surface area contributed by atoms with Crippen molar-refractivity contribution in [2.24, 2.45) is 0 Å². The molecule has 0 aliphatic carbocycles. The van der Waals surface area contributed by atoms with Gasteiger partial charge in [0.1, 0.15) is 5.56 Å². The summed E-state index contributed by atoms with van der Waals surface area (Å²) in [6.07, 6.45) is 0. The smallest absolute Gasteiger partial charge is 0.339 e. The summed E-state index contributed by atoms with van der Waals surface area (Å²) in [6.45, 7) is 1.70. The highest BCUT2D eigenvalue weighted by atomic mass is 16.5. The Hall–Kier alpha value is -3.03. The molecular weight excluding hydrogens is 304 g/mol. The van der Waals surface area contributed by atoms with Crippen LogP contribution in [0.2, 0.25) is 0 Å². The molecular formula is C15H16N2O6. The highest BCUT2D eigenvalue weighted by Gasteiger charge is 2.26. The topological polar surface area (TPSA) is 111 Å². The van der Waals surface area contributed by atoms with Crippen molar-refractivity contribution in [3.05, 3.63) is 33.7 Å². The van der Waals surface area contributed by atoms with Gasteiger partial charge < -0.3 is 19.3 Å². The van der Waals surface area contributed by atoms with E-state index in [0.717, 1.165) is 0 Å². The monoisotopic (exact) mass is 320 g/mol. The molecule has 0 aliphatic rings. The van der Waals surface area contributed by atoms with Crippen molar-refractivity contribution in [1.82, 2.24) is 10.2 Å². The molecule has 0 saturated heterocycles.